The summed E-state index contributed by atoms with van der Waals surface area (Å²) in [5.41, 5.74) is 7.32. The van der Waals surface area contributed by atoms with Crippen molar-refractivity contribution in [3.8, 4) is 17.1 Å². The minimum atomic E-state index is -0.00432. The van der Waals surface area contributed by atoms with Crippen LogP contribution in [0, 0.1) is 0 Å². The summed E-state index contributed by atoms with van der Waals surface area (Å²) in [5, 5.41) is 1.76. The summed E-state index contributed by atoms with van der Waals surface area (Å²) in [6.07, 6.45) is 3.32. The van der Waals surface area contributed by atoms with Crippen LogP contribution < -0.4 is 26.3 Å². The Morgan fingerprint density at radius 2 is 2.23 bits per heavy atom. The fourth-order valence-electron chi connectivity index (χ4n) is 1.83. The van der Waals surface area contributed by atoms with Gasteiger partial charge in [-0.2, -0.15) is 0 Å². The highest BCUT2D eigenvalue weighted by Crippen LogP contribution is 2.32. The quantitative estimate of drug-likeness (QED) is 0.367. The van der Waals surface area contributed by atoms with Crippen molar-refractivity contribution in [3.05, 3.63) is 47.5 Å². The molecule has 0 aliphatic heterocycles. The molecule has 0 aliphatic rings. The molecule has 1 heterocycles. The van der Waals surface area contributed by atoms with E-state index >= 15 is 0 Å². The van der Waals surface area contributed by atoms with Gasteiger partial charge in [0.15, 0.2) is 12.0 Å². The Balaban J connectivity index is 2.54. The lowest BCUT2D eigenvalue weighted by atomic mass is 10.1. The van der Waals surface area contributed by atoms with Crippen molar-refractivity contribution in [1.29, 1.82) is 0 Å². The first kappa shape index (κ1) is 15.7. The maximum atomic E-state index is 10.6. The number of hydrogen-bond donors (Lipinski definition) is 2. The Labute approximate surface area is 132 Å². The summed E-state index contributed by atoms with van der Waals surface area (Å²) in [6.45, 7) is 0. The van der Waals surface area contributed by atoms with Crippen molar-refractivity contribution >= 4 is 23.6 Å². The fourth-order valence-corrected chi connectivity index (χ4v) is 2.00. The number of hydrogen-bond acceptors (Lipinski definition) is 6. The maximum Gasteiger partial charge on any atom is 0.287 e. The Bertz CT molecular complexity index is 720. The molecule has 2 aromatic rings. The maximum absolute atomic E-state index is 10.6. The lowest BCUT2D eigenvalue weighted by Gasteiger charge is -2.17. The molecule has 22 heavy (non-hydrogen) atoms. The minimum Gasteiger partial charge on any atom is -0.466 e. The highest BCUT2D eigenvalue weighted by Gasteiger charge is 2.16. The van der Waals surface area contributed by atoms with E-state index in [9.17, 15) is 4.79 Å². The summed E-state index contributed by atoms with van der Waals surface area (Å²) in [4.78, 5) is 17.7. The van der Waals surface area contributed by atoms with Gasteiger partial charge in [-0.3, -0.25) is 9.80 Å². The number of anilines is 1. The van der Waals surface area contributed by atoms with Gasteiger partial charge in [0.25, 0.3) is 12.2 Å². The molecule has 0 radical (unpaired) electrons. The second-order valence-electron chi connectivity index (χ2n) is 4.32. The molecular formula is C14H15ClN5O2+. The van der Waals surface area contributed by atoms with Crippen LogP contribution in [0.2, 0.25) is 5.02 Å². The number of carbonyl (C=O) groups excluding carboxylic acids is 1. The number of nitrogens with two attached hydrogens (primary N) is 2. The number of halogens is 1. The number of aldehydes is 1. The molecule has 0 saturated heterocycles. The number of nitrogens with one attached hydrogen (secondary N) is 1. The molecule has 0 saturated carbocycles. The zero-order valence-corrected chi connectivity index (χ0v) is 12.5. The van der Waals surface area contributed by atoms with Gasteiger partial charge in [-0.05, 0) is 23.2 Å². The smallest absolute Gasteiger partial charge is 0.287 e. The van der Waals surface area contributed by atoms with E-state index in [4.69, 9.17) is 27.9 Å². The molecule has 0 bridgehead atoms. The van der Waals surface area contributed by atoms with Gasteiger partial charge in [0.05, 0.1) is 30.1 Å². The van der Waals surface area contributed by atoms with E-state index < -0.39 is 0 Å². The van der Waals surface area contributed by atoms with Crippen molar-refractivity contribution in [2.45, 2.75) is 0 Å². The molecule has 114 valence electrons. The average Bonchev–Trinajstić information content (AvgIpc) is 2.54. The monoisotopic (exact) mass is 320 g/mol. The van der Waals surface area contributed by atoms with E-state index in [2.05, 4.69) is 9.97 Å². The van der Waals surface area contributed by atoms with Gasteiger partial charge >= 0.3 is 0 Å². The van der Waals surface area contributed by atoms with Crippen molar-refractivity contribution in [3.63, 3.8) is 0 Å². The molecule has 2 rings (SSSR count). The van der Waals surface area contributed by atoms with Crippen molar-refractivity contribution in [2.75, 3.05) is 12.1 Å². The van der Waals surface area contributed by atoms with E-state index in [1.807, 2.05) is 0 Å². The predicted molar refractivity (Wildman–Crippen MR) is 82.8 cm³/mol. The van der Waals surface area contributed by atoms with Crippen LogP contribution in [0.15, 0.2) is 42.5 Å². The Kier molecular flexibility index (Phi) is 4.92. The molecule has 0 aliphatic carbocycles. The fraction of sp³-hybridized carbons (Fsp3) is 0.0714. The van der Waals surface area contributed by atoms with Crippen LogP contribution >= 0.6 is 11.6 Å². The van der Waals surface area contributed by atoms with Crippen LogP contribution in [0.3, 0.4) is 0 Å². The van der Waals surface area contributed by atoms with Gasteiger partial charge in [-0.1, -0.05) is 11.6 Å². The molecule has 8 heteroatoms. The molecular weight excluding hydrogens is 306 g/mol. The number of nitrogens with zero attached hydrogens (tertiary/aromatic N) is 2. The summed E-state index contributed by atoms with van der Waals surface area (Å²) in [6, 6.07) is 6.80. The molecule has 5 N–H and O–H groups in total. The third kappa shape index (κ3) is 3.51. The number of rotatable bonds is 5. The molecule has 0 fully saturated rings. The van der Waals surface area contributed by atoms with Gasteiger partial charge in [0, 0.05) is 11.2 Å². The first-order valence-electron chi connectivity index (χ1n) is 6.23. The number of benzene rings is 1. The summed E-state index contributed by atoms with van der Waals surface area (Å²) < 4.78 is 5.14. The highest BCUT2D eigenvalue weighted by molar-refractivity contribution is 6.31. The van der Waals surface area contributed by atoms with Crippen LogP contribution in [0.4, 0.5) is 5.69 Å². The molecule has 0 spiro atoms. The lowest BCUT2D eigenvalue weighted by molar-refractivity contribution is -0.397. The van der Waals surface area contributed by atoms with Crippen molar-refractivity contribution < 1.29 is 14.5 Å². The Morgan fingerprint density at radius 1 is 1.45 bits per heavy atom. The van der Waals surface area contributed by atoms with Gasteiger partial charge in [-0.15, -0.1) is 0 Å². The Hall–Kier alpha value is -2.64. The number of aromatic nitrogens is 2. The van der Waals surface area contributed by atoms with Gasteiger partial charge in [0.2, 0.25) is 0 Å². The van der Waals surface area contributed by atoms with Crippen molar-refractivity contribution in [2.24, 2.45) is 11.6 Å². The minimum absolute atomic E-state index is 0.00432. The van der Waals surface area contributed by atoms with Crippen molar-refractivity contribution in [1.82, 2.24) is 4.98 Å². The number of allylic oxidation sites excluding steroid dienone is 1. The van der Waals surface area contributed by atoms with E-state index in [0.717, 1.165) is 0 Å². The van der Waals surface area contributed by atoms with E-state index in [1.165, 1.54) is 24.6 Å². The summed E-state index contributed by atoms with van der Waals surface area (Å²) in [5.74, 6) is 6.47. The second kappa shape index (κ2) is 6.88. The van der Waals surface area contributed by atoms with Crippen LogP contribution in [-0.2, 0) is 4.79 Å². The first-order chi connectivity index (χ1) is 10.5. The van der Waals surface area contributed by atoms with Crippen LogP contribution in [0.1, 0.15) is 0 Å². The standard InChI is InChI=1S/C14H14ClN5O2/c1-22-14-5-12(18-8-19-14)11-4-9(15)2-3-13(11)20(17)6-10(16)7-21/h2-8H,16-17H2,1H3/p+1. The van der Waals surface area contributed by atoms with Crippen LogP contribution in [0.25, 0.3) is 11.3 Å². The van der Waals surface area contributed by atoms with E-state index in [-0.39, 0.29) is 5.70 Å². The molecule has 0 unspecified atom stereocenters. The number of H-pyrrole nitrogens is 1. The Morgan fingerprint density at radius 3 is 2.91 bits per heavy atom. The van der Waals surface area contributed by atoms with E-state index in [1.54, 1.807) is 24.3 Å². The zero-order chi connectivity index (χ0) is 16.1. The highest BCUT2D eigenvalue weighted by atomic mass is 35.5. The summed E-state index contributed by atoms with van der Waals surface area (Å²) in [7, 11) is 1.54. The molecule has 0 amide bonds. The molecule has 1 aromatic heterocycles. The number of methoxy groups -OCH3 is 1. The van der Waals surface area contributed by atoms with Gasteiger partial charge < -0.3 is 10.5 Å². The number of ether oxygens (including phenoxy) is 1. The number of aromatic amines is 1. The normalized spacial score (nSPS) is 11.1. The third-order valence-electron chi connectivity index (χ3n) is 2.84. The molecule has 7 nitrogen and oxygen atoms in total. The first-order valence-corrected chi connectivity index (χ1v) is 6.61. The predicted octanol–water partition coefficient (Wildman–Crippen LogP) is 0.904. The molecule has 1 aromatic carbocycles. The number of carbonyl (C=O) groups is 1. The van der Waals surface area contributed by atoms with E-state index in [0.29, 0.717) is 34.1 Å². The number of hydrazine groups is 1. The third-order valence-corrected chi connectivity index (χ3v) is 3.07. The lowest BCUT2D eigenvalue weighted by Crippen LogP contribution is -2.27. The SMILES string of the molecule is COc1cc(-c2cc(Cl)ccc2N(N)C=C(N)C=O)nc[nH+]1. The van der Waals surface area contributed by atoms with Crippen LogP contribution in [0.5, 0.6) is 5.88 Å². The largest absolute Gasteiger partial charge is 0.466 e. The second-order valence-corrected chi connectivity index (χ2v) is 4.75. The topological polar surface area (TPSA) is 109 Å². The van der Waals surface area contributed by atoms with Gasteiger partial charge in [0.1, 0.15) is 0 Å². The van der Waals surface area contributed by atoms with Gasteiger partial charge in [-0.25, -0.2) is 10.8 Å². The zero-order valence-electron chi connectivity index (χ0n) is 11.8. The summed E-state index contributed by atoms with van der Waals surface area (Å²) >= 11 is 6.06. The average molecular weight is 321 g/mol. The molecule has 0 atom stereocenters. The van der Waals surface area contributed by atoms with Crippen LogP contribution in [-0.4, -0.2) is 18.4 Å².